The van der Waals surface area contributed by atoms with Crippen molar-refractivity contribution in [3.05, 3.63) is 48.5 Å². The molecule has 0 amide bonds. The molecule has 0 bridgehead atoms. The van der Waals surface area contributed by atoms with Gasteiger partial charge in [-0.1, -0.05) is 0 Å². The second-order valence-electron chi connectivity index (χ2n) is 2.95. The monoisotopic (exact) mass is 216 g/mol. The summed E-state index contributed by atoms with van der Waals surface area (Å²) < 4.78 is 5.36. The Kier molecular flexibility index (Phi) is 2.77. The highest BCUT2D eigenvalue weighted by Crippen LogP contribution is 2.22. The van der Waals surface area contributed by atoms with Gasteiger partial charge in [0.1, 0.15) is 5.75 Å². The lowest BCUT2D eigenvalue weighted by Gasteiger charge is -2.06. The Balaban J connectivity index is 2.31. The van der Waals surface area contributed by atoms with Crippen LogP contribution in [0.4, 0.5) is 0 Å². The summed E-state index contributed by atoms with van der Waals surface area (Å²) in [5.74, 6) is -0.458. The van der Waals surface area contributed by atoms with Gasteiger partial charge in [-0.2, -0.15) is 0 Å². The normalized spacial score (nSPS) is 9.75. The van der Waals surface area contributed by atoms with E-state index >= 15 is 0 Å². The average molecular weight is 216 g/mol. The molecule has 0 saturated heterocycles. The van der Waals surface area contributed by atoms with Gasteiger partial charge in [-0.3, -0.25) is 4.98 Å². The number of hydrogen-bond acceptors (Lipinski definition) is 4. The van der Waals surface area contributed by atoms with E-state index < -0.39 is 5.97 Å². The summed E-state index contributed by atoms with van der Waals surface area (Å²) in [6.45, 7) is 0. The molecule has 0 spiro atoms. The highest BCUT2D eigenvalue weighted by molar-refractivity contribution is 5.88. The number of nitrogens with zero attached hydrogens (tertiary/aromatic N) is 2. The number of carboxylic acids is 1. The number of carbonyl (C=O) groups is 1. The smallest absolute Gasteiger partial charge is 0.358 e. The van der Waals surface area contributed by atoms with Gasteiger partial charge < -0.3 is 9.84 Å². The van der Waals surface area contributed by atoms with E-state index in [-0.39, 0.29) is 11.4 Å². The van der Waals surface area contributed by atoms with Crippen LogP contribution in [-0.2, 0) is 0 Å². The van der Waals surface area contributed by atoms with Crippen LogP contribution < -0.4 is 4.74 Å². The van der Waals surface area contributed by atoms with Gasteiger partial charge in [0.2, 0.25) is 0 Å². The summed E-state index contributed by atoms with van der Waals surface area (Å²) in [5.41, 5.74) is -0.119. The van der Waals surface area contributed by atoms with Crippen molar-refractivity contribution in [3.8, 4) is 11.5 Å². The molecule has 0 atom stereocenters. The third-order valence-electron chi connectivity index (χ3n) is 1.84. The molecule has 2 aromatic rings. The summed E-state index contributed by atoms with van der Waals surface area (Å²) in [4.78, 5) is 18.4. The minimum atomic E-state index is -1.13. The largest absolute Gasteiger partial charge is 0.476 e. The summed E-state index contributed by atoms with van der Waals surface area (Å²) in [7, 11) is 0. The highest BCUT2D eigenvalue weighted by atomic mass is 16.5. The van der Waals surface area contributed by atoms with Gasteiger partial charge in [-0.05, 0) is 24.3 Å². The van der Waals surface area contributed by atoms with Gasteiger partial charge >= 0.3 is 5.97 Å². The predicted molar refractivity (Wildman–Crippen MR) is 55.5 cm³/mol. The van der Waals surface area contributed by atoms with Crippen molar-refractivity contribution in [2.45, 2.75) is 0 Å². The second-order valence-corrected chi connectivity index (χ2v) is 2.95. The second kappa shape index (κ2) is 4.39. The van der Waals surface area contributed by atoms with Gasteiger partial charge in [-0.15, -0.1) is 0 Å². The molecule has 2 aromatic heterocycles. The zero-order valence-corrected chi connectivity index (χ0v) is 8.20. The molecule has 2 heterocycles. The molecule has 0 aliphatic rings. The first kappa shape index (κ1) is 10.1. The Morgan fingerprint density at radius 1 is 1.25 bits per heavy atom. The third kappa shape index (κ3) is 2.14. The van der Waals surface area contributed by atoms with E-state index in [9.17, 15) is 4.79 Å². The van der Waals surface area contributed by atoms with Crippen LogP contribution in [0.2, 0.25) is 0 Å². The SMILES string of the molecule is O=C(O)c1ncccc1Oc1cccnc1. The van der Waals surface area contributed by atoms with Gasteiger partial charge in [0, 0.05) is 12.4 Å². The van der Waals surface area contributed by atoms with Crippen molar-refractivity contribution in [2.75, 3.05) is 0 Å². The first-order valence-electron chi connectivity index (χ1n) is 4.53. The third-order valence-corrected chi connectivity index (χ3v) is 1.84. The molecule has 80 valence electrons. The summed E-state index contributed by atoms with van der Waals surface area (Å²) in [6.07, 6.45) is 4.51. The van der Waals surface area contributed by atoms with Crippen molar-refractivity contribution in [1.29, 1.82) is 0 Å². The van der Waals surface area contributed by atoms with E-state index in [1.54, 1.807) is 30.5 Å². The van der Waals surface area contributed by atoms with Crippen LogP contribution in [0.15, 0.2) is 42.9 Å². The van der Waals surface area contributed by atoms with E-state index in [1.165, 1.54) is 12.4 Å². The van der Waals surface area contributed by atoms with Crippen molar-refractivity contribution >= 4 is 5.97 Å². The topological polar surface area (TPSA) is 72.3 Å². The van der Waals surface area contributed by atoms with Crippen LogP contribution in [0, 0.1) is 0 Å². The molecule has 0 unspecified atom stereocenters. The van der Waals surface area contributed by atoms with Crippen LogP contribution >= 0.6 is 0 Å². The molecule has 0 radical (unpaired) electrons. The molecule has 5 heteroatoms. The average Bonchev–Trinajstić information content (AvgIpc) is 2.31. The molecular formula is C11H8N2O3. The molecule has 1 N–H and O–H groups in total. The van der Waals surface area contributed by atoms with E-state index in [1.807, 2.05) is 0 Å². The number of aromatic carboxylic acids is 1. The van der Waals surface area contributed by atoms with Gasteiger partial charge in [0.25, 0.3) is 0 Å². The van der Waals surface area contributed by atoms with Crippen LogP contribution in [0.3, 0.4) is 0 Å². The molecular weight excluding hydrogens is 208 g/mol. The lowest BCUT2D eigenvalue weighted by atomic mass is 10.3. The van der Waals surface area contributed by atoms with Crippen LogP contribution in [0.5, 0.6) is 11.5 Å². The van der Waals surface area contributed by atoms with Crippen LogP contribution in [0.25, 0.3) is 0 Å². The summed E-state index contributed by atoms with van der Waals surface area (Å²) >= 11 is 0. The molecule has 0 fully saturated rings. The van der Waals surface area contributed by atoms with E-state index in [0.29, 0.717) is 5.75 Å². The minimum Gasteiger partial charge on any atom is -0.476 e. The fraction of sp³-hybridized carbons (Fsp3) is 0. The van der Waals surface area contributed by atoms with Gasteiger partial charge in [0.15, 0.2) is 11.4 Å². The number of carboxylic acid groups (broad SMARTS) is 1. The predicted octanol–water partition coefficient (Wildman–Crippen LogP) is 1.97. The first-order chi connectivity index (χ1) is 7.77. The van der Waals surface area contributed by atoms with Crippen molar-refractivity contribution in [3.63, 3.8) is 0 Å². The van der Waals surface area contributed by atoms with Crippen LogP contribution in [0.1, 0.15) is 10.5 Å². The number of ether oxygens (including phenoxy) is 1. The molecule has 0 aromatic carbocycles. The molecule has 0 saturated carbocycles. The van der Waals surface area contributed by atoms with Gasteiger partial charge in [-0.25, -0.2) is 9.78 Å². The van der Waals surface area contributed by atoms with Crippen LogP contribution in [-0.4, -0.2) is 21.0 Å². The standard InChI is InChI=1S/C11H8N2O3/c14-11(15)10-9(4-2-6-13-10)16-8-3-1-5-12-7-8/h1-7H,(H,14,15). The fourth-order valence-electron chi connectivity index (χ4n) is 1.17. The van der Waals surface area contributed by atoms with Crippen molar-refractivity contribution in [2.24, 2.45) is 0 Å². The highest BCUT2D eigenvalue weighted by Gasteiger charge is 2.12. The summed E-state index contributed by atoms with van der Waals surface area (Å²) in [5, 5.41) is 8.89. The Bertz CT molecular complexity index is 500. The number of pyridine rings is 2. The lowest BCUT2D eigenvalue weighted by Crippen LogP contribution is -2.02. The molecule has 0 aliphatic heterocycles. The van der Waals surface area contributed by atoms with Gasteiger partial charge in [0.05, 0.1) is 6.20 Å². The minimum absolute atomic E-state index is 0.119. The number of aromatic nitrogens is 2. The molecule has 5 nitrogen and oxygen atoms in total. The Hall–Kier alpha value is -2.43. The van der Waals surface area contributed by atoms with E-state index in [4.69, 9.17) is 9.84 Å². The number of hydrogen-bond donors (Lipinski definition) is 1. The zero-order valence-electron chi connectivity index (χ0n) is 8.20. The summed E-state index contributed by atoms with van der Waals surface area (Å²) in [6, 6.07) is 6.54. The number of rotatable bonds is 3. The van der Waals surface area contributed by atoms with E-state index in [2.05, 4.69) is 9.97 Å². The lowest BCUT2D eigenvalue weighted by molar-refractivity contribution is 0.0687. The Morgan fingerprint density at radius 3 is 2.75 bits per heavy atom. The Labute approximate surface area is 91.4 Å². The maximum absolute atomic E-state index is 10.9. The van der Waals surface area contributed by atoms with Crippen molar-refractivity contribution < 1.29 is 14.6 Å². The quantitative estimate of drug-likeness (QED) is 0.849. The Morgan fingerprint density at radius 2 is 2.06 bits per heavy atom. The maximum atomic E-state index is 10.9. The molecule has 16 heavy (non-hydrogen) atoms. The fourth-order valence-corrected chi connectivity index (χ4v) is 1.17. The van der Waals surface area contributed by atoms with E-state index in [0.717, 1.165) is 0 Å². The first-order valence-corrected chi connectivity index (χ1v) is 4.53. The molecule has 2 rings (SSSR count). The zero-order chi connectivity index (χ0) is 11.4. The maximum Gasteiger partial charge on any atom is 0.358 e. The molecule has 0 aliphatic carbocycles. The van der Waals surface area contributed by atoms with Crippen molar-refractivity contribution in [1.82, 2.24) is 9.97 Å².